The van der Waals surface area contributed by atoms with Crippen LogP contribution in [0.25, 0.3) is 5.82 Å². The molecule has 1 saturated heterocycles. The quantitative estimate of drug-likeness (QED) is 0.501. The number of nitrogens with zero attached hydrogens (tertiary/aromatic N) is 7. The van der Waals surface area contributed by atoms with Gasteiger partial charge in [0.05, 0.1) is 16.5 Å². The van der Waals surface area contributed by atoms with Gasteiger partial charge in [0.15, 0.2) is 5.82 Å². The average Bonchev–Trinajstić information content (AvgIpc) is 3.30. The van der Waals surface area contributed by atoms with Gasteiger partial charge in [0.25, 0.3) is 5.69 Å². The van der Waals surface area contributed by atoms with Crippen LogP contribution in [-0.4, -0.2) is 48.7 Å². The second-order valence-corrected chi connectivity index (χ2v) is 7.11. The van der Waals surface area contributed by atoms with E-state index in [0.717, 1.165) is 24.9 Å². The van der Waals surface area contributed by atoms with Crippen LogP contribution in [0.5, 0.6) is 0 Å². The predicted octanol–water partition coefficient (Wildman–Crippen LogP) is 2.13. The number of carbonyl (C=O) groups is 1. The molecule has 1 unspecified atom stereocenters. The van der Waals surface area contributed by atoms with Crippen LogP contribution >= 0.6 is 0 Å². The molecule has 3 aromatic rings. The van der Waals surface area contributed by atoms with Gasteiger partial charge < -0.3 is 10.2 Å². The highest BCUT2D eigenvalue weighted by Crippen LogP contribution is 2.26. The molecule has 11 heteroatoms. The monoisotopic (exact) mass is 408 g/mol. The van der Waals surface area contributed by atoms with Crippen molar-refractivity contribution in [3.8, 4) is 5.82 Å². The smallest absolute Gasteiger partial charge is 0.271 e. The molecule has 1 aromatic carbocycles. The summed E-state index contributed by atoms with van der Waals surface area (Å²) >= 11 is 0. The Balaban J connectivity index is 1.48. The molecule has 3 heterocycles. The summed E-state index contributed by atoms with van der Waals surface area (Å²) in [7, 11) is 0. The number of piperidine rings is 1. The average molecular weight is 408 g/mol. The molecule has 154 valence electrons. The van der Waals surface area contributed by atoms with Crippen molar-refractivity contribution < 1.29 is 9.72 Å². The maximum absolute atomic E-state index is 12.9. The SMILES string of the molecule is Cc1ccc([N+](=O)[O-])cc1NC(=O)C1CCCN(c2cc(-n3cncn3)ncn2)C1. The van der Waals surface area contributed by atoms with Crippen molar-refractivity contribution >= 4 is 23.1 Å². The summed E-state index contributed by atoms with van der Waals surface area (Å²) in [6.45, 7) is 3.07. The first kappa shape index (κ1) is 19.4. The molecule has 1 fully saturated rings. The van der Waals surface area contributed by atoms with Gasteiger partial charge >= 0.3 is 0 Å². The van der Waals surface area contributed by atoms with Crippen molar-refractivity contribution in [1.82, 2.24) is 24.7 Å². The molecular weight excluding hydrogens is 388 g/mol. The molecule has 0 bridgehead atoms. The summed E-state index contributed by atoms with van der Waals surface area (Å²) in [5.74, 6) is 0.881. The van der Waals surface area contributed by atoms with Crippen LogP contribution in [0.2, 0.25) is 0 Å². The van der Waals surface area contributed by atoms with E-state index in [9.17, 15) is 14.9 Å². The lowest BCUT2D eigenvalue weighted by molar-refractivity contribution is -0.384. The summed E-state index contributed by atoms with van der Waals surface area (Å²) in [5, 5.41) is 18.0. The molecule has 30 heavy (non-hydrogen) atoms. The minimum absolute atomic E-state index is 0.0530. The van der Waals surface area contributed by atoms with Gasteiger partial charge in [0.2, 0.25) is 5.91 Å². The van der Waals surface area contributed by atoms with Crippen molar-refractivity contribution in [2.24, 2.45) is 5.92 Å². The first-order chi connectivity index (χ1) is 14.5. The molecule has 1 N–H and O–H groups in total. The molecule has 0 radical (unpaired) electrons. The predicted molar refractivity (Wildman–Crippen MR) is 108 cm³/mol. The maximum Gasteiger partial charge on any atom is 0.271 e. The van der Waals surface area contributed by atoms with Gasteiger partial charge in [0.1, 0.15) is 24.8 Å². The number of carbonyl (C=O) groups excluding carboxylic acids is 1. The van der Waals surface area contributed by atoms with Crippen molar-refractivity contribution in [1.29, 1.82) is 0 Å². The number of aryl methyl sites for hydroxylation is 1. The third-order valence-electron chi connectivity index (χ3n) is 5.10. The lowest BCUT2D eigenvalue weighted by atomic mass is 9.96. The standard InChI is InChI=1S/C19H20N8O3/c1-13-4-5-15(27(29)30)7-16(13)24-19(28)14-3-2-6-25(9-14)17-8-18(22-11-21-17)26-12-20-10-23-26/h4-5,7-8,10-12,14H,2-3,6,9H2,1H3,(H,24,28). The zero-order chi connectivity index (χ0) is 21.1. The number of amides is 1. The number of nitrogens with one attached hydrogen (secondary N) is 1. The van der Waals surface area contributed by atoms with Crippen LogP contribution in [0.1, 0.15) is 18.4 Å². The van der Waals surface area contributed by atoms with Crippen molar-refractivity contribution in [2.45, 2.75) is 19.8 Å². The Bertz CT molecular complexity index is 1070. The Kier molecular flexibility index (Phi) is 5.33. The van der Waals surface area contributed by atoms with Crippen molar-refractivity contribution in [3.05, 3.63) is 58.9 Å². The summed E-state index contributed by atoms with van der Waals surface area (Å²) < 4.78 is 1.55. The topological polar surface area (TPSA) is 132 Å². The van der Waals surface area contributed by atoms with Gasteiger partial charge in [0, 0.05) is 31.3 Å². The molecular formula is C19H20N8O3. The Hall–Kier alpha value is -3.89. The lowest BCUT2D eigenvalue weighted by Crippen LogP contribution is -2.41. The molecule has 0 spiro atoms. The van der Waals surface area contributed by atoms with Crippen molar-refractivity contribution in [2.75, 3.05) is 23.3 Å². The van der Waals surface area contributed by atoms with E-state index in [2.05, 4.69) is 25.4 Å². The highest BCUT2D eigenvalue weighted by atomic mass is 16.6. The zero-order valence-electron chi connectivity index (χ0n) is 16.3. The molecule has 0 aliphatic carbocycles. The van der Waals surface area contributed by atoms with E-state index in [1.165, 1.54) is 24.8 Å². The Morgan fingerprint density at radius 1 is 1.23 bits per heavy atom. The van der Waals surface area contributed by atoms with Gasteiger partial charge in [-0.3, -0.25) is 14.9 Å². The third kappa shape index (κ3) is 4.09. The molecule has 1 aliphatic heterocycles. The molecule has 11 nitrogen and oxygen atoms in total. The number of hydrogen-bond donors (Lipinski definition) is 1. The summed E-state index contributed by atoms with van der Waals surface area (Å²) in [5.41, 5.74) is 1.18. The van der Waals surface area contributed by atoms with E-state index in [1.54, 1.807) is 30.1 Å². The van der Waals surface area contributed by atoms with E-state index in [-0.39, 0.29) is 17.5 Å². The van der Waals surface area contributed by atoms with Crippen LogP contribution in [0.4, 0.5) is 17.2 Å². The maximum atomic E-state index is 12.9. The summed E-state index contributed by atoms with van der Waals surface area (Å²) in [6, 6.07) is 6.25. The first-order valence-corrected chi connectivity index (χ1v) is 9.49. The van der Waals surface area contributed by atoms with E-state index < -0.39 is 4.92 Å². The number of rotatable bonds is 5. The molecule has 4 rings (SSSR count). The second kappa shape index (κ2) is 8.23. The third-order valence-corrected chi connectivity index (χ3v) is 5.10. The fourth-order valence-corrected chi connectivity index (χ4v) is 3.45. The fraction of sp³-hybridized carbons (Fsp3) is 0.316. The van der Waals surface area contributed by atoms with Crippen LogP contribution < -0.4 is 10.2 Å². The van der Waals surface area contributed by atoms with E-state index in [1.807, 2.05) is 4.90 Å². The van der Waals surface area contributed by atoms with Crippen LogP contribution in [0.15, 0.2) is 43.2 Å². The minimum atomic E-state index is -0.473. The molecule has 1 amide bonds. The zero-order valence-corrected chi connectivity index (χ0v) is 16.3. The van der Waals surface area contributed by atoms with Gasteiger partial charge in [-0.05, 0) is 25.3 Å². The number of nitro benzene ring substituents is 1. The number of hydrogen-bond acceptors (Lipinski definition) is 8. The Morgan fingerprint density at radius 3 is 2.83 bits per heavy atom. The number of non-ortho nitro benzene ring substituents is 1. The highest BCUT2D eigenvalue weighted by molar-refractivity contribution is 5.94. The van der Waals surface area contributed by atoms with E-state index in [0.29, 0.717) is 23.9 Å². The Labute approximate surface area is 171 Å². The van der Waals surface area contributed by atoms with Crippen LogP contribution in [0, 0.1) is 23.0 Å². The lowest BCUT2D eigenvalue weighted by Gasteiger charge is -2.33. The number of aromatic nitrogens is 5. The number of nitro groups is 1. The largest absolute Gasteiger partial charge is 0.356 e. The summed E-state index contributed by atoms with van der Waals surface area (Å²) in [6.07, 6.45) is 6.01. The van der Waals surface area contributed by atoms with Gasteiger partial charge in [-0.1, -0.05) is 6.07 Å². The second-order valence-electron chi connectivity index (χ2n) is 7.11. The molecule has 0 saturated carbocycles. The van der Waals surface area contributed by atoms with Crippen LogP contribution in [0.3, 0.4) is 0 Å². The van der Waals surface area contributed by atoms with E-state index in [4.69, 9.17) is 0 Å². The normalized spacial score (nSPS) is 16.3. The molecule has 1 atom stereocenters. The molecule has 2 aromatic heterocycles. The van der Waals surface area contributed by atoms with Crippen LogP contribution in [-0.2, 0) is 4.79 Å². The van der Waals surface area contributed by atoms with Gasteiger partial charge in [-0.15, -0.1) is 0 Å². The van der Waals surface area contributed by atoms with E-state index >= 15 is 0 Å². The Morgan fingerprint density at radius 2 is 2.07 bits per heavy atom. The summed E-state index contributed by atoms with van der Waals surface area (Å²) in [4.78, 5) is 37.9. The number of benzene rings is 1. The van der Waals surface area contributed by atoms with Gasteiger partial charge in [-0.25, -0.2) is 19.6 Å². The number of anilines is 2. The minimum Gasteiger partial charge on any atom is -0.356 e. The fourth-order valence-electron chi connectivity index (χ4n) is 3.45. The molecule has 1 aliphatic rings. The highest BCUT2D eigenvalue weighted by Gasteiger charge is 2.27. The van der Waals surface area contributed by atoms with Gasteiger partial charge in [-0.2, -0.15) is 5.10 Å². The van der Waals surface area contributed by atoms with Crippen molar-refractivity contribution in [3.63, 3.8) is 0 Å². The first-order valence-electron chi connectivity index (χ1n) is 9.49.